The van der Waals surface area contributed by atoms with E-state index in [4.69, 9.17) is 4.74 Å². The molecular weight excluding hydrogens is 348 g/mol. The number of para-hydroxylation sites is 1. The number of carbonyl (C=O) groups excluding carboxylic acids is 1. The van der Waals surface area contributed by atoms with Gasteiger partial charge in [-0.2, -0.15) is 0 Å². The molecule has 0 spiro atoms. The van der Waals surface area contributed by atoms with Crippen molar-refractivity contribution in [1.29, 1.82) is 0 Å². The summed E-state index contributed by atoms with van der Waals surface area (Å²) in [5.41, 5.74) is 1.29. The summed E-state index contributed by atoms with van der Waals surface area (Å²) in [7, 11) is 0. The van der Waals surface area contributed by atoms with Crippen LogP contribution < -0.4 is 15.0 Å². The largest absolute Gasteiger partial charge is 0.457 e. The molecule has 1 saturated carbocycles. The molecule has 2 aliphatic rings. The zero-order chi connectivity index (χ0) is 19.2. The second-order valence-electron chi connectivity index (χ2n) is 8.25. The highest BCUT2D eigenvalue weighted by molar-refractivity contribution is 5.79. The molecule has 148 valence electrons. The van der Waals surface area contributed by atoms with Crippen molar-refractivity contribution >= 4 is 5.91 Å². The highest BCUT2D eigenvalue weighted by atomic mass is 16.5. The number of carbonyl (C=O) groups is 1. The molecule has 0 aromatic heterocycles. The van der Waals surface area contributed by atoms with E-state index in [9.17, 15) is 4.79 Å². The minimum absolute atomic E-state index is 0.206. The zero-order valence-electron chi connectivity index (χ0n) is 16.5. The van der Waals surface area contributed by atoms with Gasteiger partial charge in [-0.15, -0.1) is 0 Å². The van der Waals surface area contributed by atoms with Crippen LogP contribution in [0.1, 0.15) is 44.1 Å². The fourth-order valence-corrected chi connectivity index (χ4v) is 4.49. The lowest BCUT2D eigenvalue weighted by atomic mass is 9.95. The molecule has 1 heterocycles. The van der Waals surface area contributed by atoms with Crippen LogP contribution in [0, 0.1) is 5.92 Å². The van der Waals surface area contributed by atoms with Gasteiger partial charge < -0.3 is 15.0 Å². The Morgan fingerprint density at radius 2 is 1.64 bits per heavy atom. The maximum absolute atomic E-state index is 12.5. The number of piperidine rings is 1. The summed E-state index contributed by atoms with van der Waals surface area (Å²) in [6.07, 6.45) is 6.85. The van der Waals surface area contributed by atoms with Gasteiger partial charge in [-0.05, 0) is 37.1 Å². The number of quaternary nitrogens is 1. The van der Waals surface area contributed by atoms with Crippen LogP contribution in [0.3, 0.4) is 0 Å². The molecule has 0 radical (unpaired) electrons. The predicted octanol–water partition coefficient (Wildman–Crippen LogP) is 3.33. The minimum Gasteiger partial charge on any atom is -0.457 e. The highest BCUT2D eigenvalue weighted by Crippen LogP contribution is 2.22. The van der Waals surface area contributed by atoms with E-state index in [2.05, 4.69) is 23.5 Å². The van der Waals surface area contributed by atoms with Gasteiger partial charge in [-0.3, -0.25) is 4.79 Å². The quantitative estimate of drug-likeness (QED) is 0.808. The predicted molar refractivity (Wildman–Crippen MR) is 110 cm³/mol. The second kappa shape index (κ2) is 9.24. The normalized spacial score (nSPS) is 22.7. The van der Waals surface area contributed by atoms with Gasteiger partial charge in [0.05, 0.1) is 13.1 Å². The molecule has 1 amide bonds. The molecule has 2 N–H and O–H groups in total. The molecule has 0 bridgehead atoms. The molecule has 0 unspecified atom stereocenters. The van der Waals surface area contributed by atoms with Gasteiger partial charge in [-0.1, -0.05) is 43.2 Å². The van der Waals surface area contributed by atoms with Gasteiger partial charge in [0.25, 0.3) is 0 Å². The lowest BCUT2D eigenvalue weighted by Gasteiger charge is -2.29. The van der Waals surface area contributed by atoms with Crippen molar-refractivity contribution in [3.8, 4) is 11.5 Å². The maximum Gasteiger partial charge on any atom is 0.223 e. The van der Waals surface area contributed by atoms with Crippen molar-refractivity contribution in [2.75, 3.05) is 13.1 Å². The zero-order valence-corrected chi connectivity index (χ0v) is 16.5. The molecule has 4 heteroatoms. The first-order valence-corrected chi connectivity index (χ1v) is 10.7. The summed E-state index contributed by atoms with van der Waals surface area (Å²) < 4.78 is 5.96. The Bertz CT molecular complexity index is 763. The Labute approximate surface area is 167 Å². The van der Waals surface area contributed by atoms with Gasteiger partial charge in [-0.25, -0.2) is 0 Å². The lowest BCUT2D eigenvalue weighted by Crippen LogP contribution is -3.11. The fraction of sp³-hybridized carbons (Fsp3) is 0.458. The van der Waals surface area contributed by atoms with Crippen LogP contribution in [-0.4, -0.2) is 25.0 Å². The number of hydrogen-bond acceptors (Lipinski definition) is 2. The van der Waals surface area contributed by atoms with Crippen LogP contribution in [0.25, 0.3) is 0 Å². The SMILES string of the molecule is O=C(NC1CCCC1)C1CC[NH+](Cc2cccc(Oc3ccccc3)c2)CC1. The topological polar surface area (TPSA) is 42.8 Å². The molecule has 1 aliphatic carbocycles. The van der Waals surface area contributed by atoms with Crippen molar-refractivity contribution < 1.29 is 14.4 Å². The van der Waals surface area contributed by atoms with Crippen LogP contribution in [-0.2, 0) is 11.3 Å². The van der Waals surface area contributed by atoms with E-state index >= 15 is 0 Å². The van der Waals surface area contributed by atoms with Gasteiger partial charge >= 0.3 is 0 Å². The van der Waals surface area contributed by atoms with E-state index in [-0.39, 0.29) is 5.92 Å². The molecule has 2 aromatic carbocycles. The van der Waals surface area contributed by atoms with Gasteiger partial charge in [0.15, 0.2) is 0 Å². The molecule has 2 fully saturated rings. The third-order valence-electron chi connectivity index (χ3n) is 6.10. The van der Waals surface area contributed by atoms with Crippen molar-refractivity contribution in [2.45, 2.75) is 51.1 Å². The van der Waals surface area contributed by atoms with Crippen molar-refractivity contribution in [1.82, 2.24) is 5.32 Å². The number of hydrogen-bond donors (Lipinski definition) is 2. The number of ether oxygens (including phenoxy) is 1. The molecule has 1 aliphatic heterocycles. The maximum atomic E-state index is 12.5. The lowest BCUT2D eigenvalue weighted by molar-refractivity contribution is -0.919. The number of likely N-dealkylation sites (tertiary alicyclic amines) is 1. The summed E-state index contributed by atoms with van der Waals surface area (Å²) >= 11 is 0. The molecule has 4 rings (SSSR count). The van der Waals surface area contributed by atoms with E-state index in [0.717, 1.165) is 56.8 Å². The van der Waals surface area contributed by atoms with Crippen LogP contribution in [0.2, 0.25) is 0 Å². The van der Waals surface area contributed by atoms with E-state index in [1.165, 1.54) is 18.4 Å². The van der Waals surface area contributed by atoms with Gasteiger partial charge in [0.1, 0.15) is 18.0 Å². The second-order valence-corrected chi connectivity index (χ2v) is 8.25. The van der Waals surface area contributed by atoms with E-state index in [1.54, 1.807) is 4.90 Å². The van der Waals surface area contributed by atoms with Gasteiger partial charge in [0, 0.05) is 30.4 Å². The first-order valence-electron chi connectivity index (χ1n) is 10.7. The summed E-state index contributed by atoms with van der Waals surface area (Å²) in [6.45, 7) is 3.11. The van der Waals surface area contributed by atoms with E-state index in [0.29, 0.717) is 11.9 Å². The molecule has 1 saturated heterocycles. The molecule has 4 nitrogen and oxygen atoms in total. The van der Waals surface area contributed by atoms with Crippen molar-refractivity contribution in [2.24, 2.45) is 5.92 Å². The summed E-state index contributed by atoms with van der Waals surface area (Å²) in [5.74, 6) is 2.25. The summed E-state index contributed by atoms with van der Waals surface area (Å²) in [6, 6.07) is 18.7. The minimum atomic E-state index is 0.206. The Morgan fingerprint density at radius 3 is 2.39 bits per heavy atom. The van der Waals surface area contributed by atoms with Crippen molar-refractivity contribution in [3.63, 3.8) is 0 Å². The summed E-state index contributed by atoms with van der Waals surface area (Å²) in [5, 5.41) is 3.28. The summed E-state index contributed by atoms with van der Waals surface area (Å²) in [4.78, 5) is 14.1. The van der Waals surface area contributed by atoms with E-state index < -0.39 is 0 Å². The average Bonchev–Trinajstić information content (AvgIpc) is 3.23. The van der Waals surface area contributed by atoms with Crippen molar-refractivity contribution in [3.05, 3.63) is 60.2 Å². The van der Waals surface area contributed by atoms with Crippen LogP contribution in [0.5, 0.6) is 11.5 Å². The fourth-order valence-electron chi connectivity index (χ4n) is 4.49. The highest BCUT2D eigenvalue weighted by Gasteiger charge is 2.29. The molecular formula is C24H31N2O2+. The Kier molecular flexibility index (Phi) is 6.27. The molecule has 0 atom stereocenters. The Hall–Kier alpha value is -2.33. The first kappa shape index (κ1) is 19.0. The Morgan fingerprint density at radius 1 is 0.929 bits per heavy atom. The number of nitrogens with one attached hydrogen (secondary N) is 2. The molecule has 2 aromatic rings. The standard InChI is InChI=1S/C24H30N2O2/c27-24(25-21-8-4-5-9-21)20-13-15-26(16-14-20)18-19-7-6-12-23(17-19)28-22-10-2-1-3-11-22/h1-3,6-7,10-12,17,20-21H,4-5,8-9,13-16,18H2,(H,25,27)/p+1. The first-order chi connectivity index (χ1) is 13.8. The third-order valence-corrected chi connectivity index (χ3v) is 6.10. The number of benzene rings is 2. The number of amides is 1. The third kappa shape index (κ3) is 5.14. The van der Waals surface area contributed by atoms with Crippen LogP contribution in [0.4, 0.5) is 0 Å². The van der Waals surface area contributed by atoms with Gasteiger partial charge in [0.2, 0.25) is 5.91 Å². The van der Waals surface area contributed by atoms with Crippen LogP contribution >= 0.6 is 0 Å². The monoisotopic (exact) mass is 379 g/mol. The number of rotatable bonds is 6. The average molecular weight is 380 g/mol. The Balaban J connectivity index is 1.26. The smallest absolute Gasteiger partial charge is 0.223 e. The van der Waals surface area contributed by atoms with Crippen LogP contribution in [0.15, 0.2) is 54.6 Å². The van der Waals surface area contributed by atoms with E-state index in [1.807, 2.05) is 36.4 Å². The molecule has 28 heavy (non-hydrogen) atoms.